The molecule has 13 heteroatoms. The van der Waals surface area contributed by atoms with E-state index in [1.807, 2.05) is 42.1 Å². The first-order chi connectivity index (χ1) is 25.3. The lowest BCUT2D eigenvalue weighted by molar-refractivity contribution is -0.124. The van der Waals surface area contributed by atoms with Crippen LogP contribution in [0.4, 0.5) is 10.1 Å². The molecule has 4 aromatic rings. The van der Waals surface area contributed by atoms with Gasteiger partial charge in [0.1, 0.15) is 5.82 Å². The second-order valence-corrected chi connectivity index (χ2v) is 13.5. The van der Waals surface area contributed by atoms with E-state index in [4.69, 9.17) is 9.72 Å². The van der Waals surface area contributed by atoms with E-state index < -0.39 is 0 Å². The van der Waals surface area contributed by atoms with Crippen LogP contribution in [0.5, 0.6) is 0 Å². The summed E-state index contributed by atoms with van der Waals surface area (Å²) in [5.41, 5.74) is 6.64. The van der Waals surface area contributed by atoms with Crippen LogP contribution in [0, 0.1) is 5.82 Å². The minimum Gasteiger partial charge on any atom is -0.381 e. The van der Waals surface area contributed by atoms with E-state index >= 15 is 0 Å². The number of hydrogen-bond acceptors (Lipinski definition) is 8. The molecule has 2 aliphatic heterocycles. The van der Waals surface area contributed by atoms with Crippen molar-refractivity contribution in [3.8, 4) is 11.1 Å². The Labute approximate surface area is 303 Å². The number of carbonyl (C=O) groups is 3. The minimum absolute atomic E-state index is 0.00748. The molecule has 0 unspecified atom stereocenters. The maximum absolute atomic E-state index is 15.0. The van der Waals surface area contributed by atoms with Crippen molar-refractivity contribution in [1.82, 2.24) is 35.6 Å². The molecule has 2 aliphatic rings. The molecule has 52 heavy (non-hydrogen) atoms. The molecule has 12 nitrogen and oxygen atoms in total. The van der Waals surface area contributed by atoms with Crippen LogP contribution >= 0.6 is 0 Å². The molecular weight excluding hydrogens is 663 g/mol. The zero-order valence-corrected chi connectivity index (χ0v) is 30.1. The van der Waals surface area contributed by atoms with Gasteiger partial charge in [-0.15, -0.1) is 0 Å². The highest BCUT2D eigenvalue weighted by molar-refractivity contribution is 5.92. The molecule has 0 aliphatic carbocycles. The third-order valence-corrected chi connectivity index (χ3v) is 9.73. The number of carbonyl (C=O) groups excluding carboxylic acids is 3. The van der Waals surface area contributed by atoms with Crippen LogP contribution in [0.1, 0.15) is 68.3 Å². The lowest BCUT2D eigenvalue weighted by atomic mass is 10.00. The van der Waals surface area contributed by atoms with Crippen molar-refractivity contribution >= 4 is 34.4 Å². The molecule has 6 rings (SSSR count). The summed E-state index contributed by atoms with van der Waals surface area (Å²) < 4.78 is 22.4. The van der Waals surface area contributed by atoms with Crippen LogP contribution in [0.3, 0.4) is 0 Å². The summed E-state index contributed by atoms with van der Waals surface area (Å²) in [5.74, 6) is -0.650. The third-order valence-electron chi connectivity index (χ3n) is 9.73. The van der Waals surface area contributed by atoms with Crippen molar-refractivity contribution in [3.63, 3.8) is 0 Å². The fraction of sp³-hybridized carbons (Fsp3) is 0.462. The predicted octanol–water partition coefficient (Wildman–Crippen LogP) is 4.45. The number of piperazine rings is 1. The minimum atomic E-state index is -0.347. The number of benzene rings is 2. The Balaban J connectivity index is 1.01. The Hall–Kier alpha value is -4.88. The summed E-state index contributed by atoms with van der Waals surface area (Å²) in [5, 5.41) is 18.0. The van der Waals surface area contributed by atoms with E-state index in [0.29, 0.717) is 64.3 Å². The number of fused-ring (bicyclic) bond motifs is 1. The van der Waals surface area contributed by atoms with Crippen LogP contribution in [0.15, 0.2) is 48.7 Å². The summed E-state index contributed by atoms with van der Waals surface area (Å²) in [6, 6.07) is 12.8. The van der Waals surface area contributed by atoms with Gasteiger partial charge in [0.05, 0.1) is 23.8 Å². The Morgan fingerprint density at radius 1 is 1.02 bits per heavy atom. The van der Waals surface area contributed by atoms with E-state index in [9.17, 15) is 18.8 Å². The largest absolute Gasteiger partial charge is 0.381 e. The van der Waals surface area contributed by atoms with Gasteiger partial charge in [-0.2, -0.15) is 5.10 Å². The molecule has 0 saturated carbocycles. The molecule has 4 heterocycles. The molecule has 4 N–H and O–H groups in total. The van der Waals surface area contributed by atoms with Crippen molar-refractivity contribution < 1.29 is 23.5 Å². The lowest BCUT2D eigenvalue weighted by Crippen LogP contribution is -2.47. The highest BCUT2D eigenvalue weighted by Crippen LogP contribution is 2.31. The van der Waals surface area contributed by atoms with Crippen molar-refractivity contribution in [3.05, 3.63) is 76.9 Å². The number of pyridine rings is 1. The third kappa shape index (κ3) is 9.31. The van der Waals surface area contributed by atoms with Crippen LogP contribution in [-0.4, -0.2) is 76.3 Å². The summed E-state index contributed by atoms with van der Waals surface area (Å²) in [6.07, 6.45) is 5.16. The number of nitrogens with one attached hydrogen (secondary N) is 4. The van der Waals surface area contributed by atoms with Crippen LogP contribution in [-0.2, 0) is 51.7 Å². The van der Waals surface area contributed by atoms with Gasteiger partial charge < -0.3 is 26.0 Å². The predicted molar refractivity (Wildman–Crippen MR) is 198 cm³/mol. The van der Waals surface area contributed by atoms with Gasteiger partial charge in [-0.3, -0.25) is 19.3 Å². The fourth-order valence-corrected chi connectivity index (χ4v) is 6.90. The Morgan fingerprint density at radius 3 is 2.56 bits per heavy atom. The van der Waals surface area contributed by atoms with Gasteiger partial charge in [-0.25, -0.2) is 14.1 Å². The highest BCUT2D eigenvalue weighted by Gasteiger charge is 2.22. The monoisotopic (exact) mass is 712 g/mol. The summed E-state index contributed by atoms with van der Waals surface area (Å²) >= 11 is 0. The zero-order chi connectivity index (χ0) is 36.5. The number of anilines is 1. The van der Waals surface area contributed by atoms with Crippen LogP contribution < -0.4 is 21.3 Å². The van der Waals surface area contributed by atoms with E-state index in [2.05, 4.69) is 38.2 Å². The number of ether oxygens (including phenoxy) is 1. The molecule has 2 aromatic heterocycles. The Kier molecular flexibility index (Phi) is 12.5. The molecule has 0 spiro atoms. The quantitative estimate of drug-likeness (QED) is 0.142. The Bertz CT molecular complexity index is 1890. The molecule has 276 valence electrons. The smallest absolute Gasteiger partial charge is 0.234 e. The first-order valence-electron chi connectivity index (χ1n) is 18.4. The second kappa shape index (κ2) is 17.6. The topological polar surface area (TPSA) is 143 Å². The van der Waals surface area contributed by atoms with Gasteiger partial charge in [0.15, 0.2) is 5.65 Å². The van der Waals surface area contributed by atoms with E-state index in [1.54, 1.807) is 12.1 Å². The maximum atomic E-state index is 15.0. The van der Waals surface area contributed by atoms with Gasteiger partial charge in [0.2, 0.25) is 17.7 Å². The molecule has 2 saturated heterocycles. The van der Waals surface area contributed by atoms with Gasteiger partial charge in [-0.05, 0) is 67.5 Å². The lowest BCUT2D eigenvalue weighted by Gasteiger charge is -2.26. The number of halogens is 1. The van der Waals surface area contributed by atoms with E-state index in [1.165, 1.54) is 6.07 Å². The fourth-order valence-electron chi connectivity index (χ4n) is 6.90. The van der Waals surface area contributed by atoms with Gasteiger partial charge in [0, 0.05) is 88.2 Å². The molecule has 0 atom stereocenters. The van der Waals surface area contributed by atoms with Crippen LogP contribution in [0.2, 0.25) is 0 Å². The zero-order valence-electron chi connectivity index (χ0n) is 30.1. The summed E-state index contributed by atoms with van der Waals surface area (Å²) in [6.45, 7) is 9.13. The number of amides is 3. The normalized spacial score (nSPS) is 15.4. The van der Waals surface area contributed by atoms with E-state index in [-0.39, 0.29) is 49.0 Å². The molecule has 0 radical (unpaired) electrons. The first kappa shape index (κ1) is 36.9. The summed E-state index contributed by atoms with van der Waals surface area (Å²) in [4.78, 5) is 44.5. The van der Waals surface area contributed by atoms with E-state index in [0.717, 1.165) is 64.1 Å². The average Bonchev–Trinajstić information content (AvgIpc) is 3.57. The second-order valence-electron chi connectivity index (χ2n) is 13.5. The van der Waals surface area contributed by atoms with Crippen molar-refractivity contribution in [1.29, 1.82) is 0 Å². The van der Waals surface area contributed by atoms with Gasteiger partial charge in [-0.1, -0.05) is 31.2 Å². The number of aromatic nitrogens is 3. The standard InChI is InChI=1S/C39H49FN8O4/c1-3-34-31(38(45-29-13-17-52-18-14-29)32-23-44-48(4-2)39(32)46-34)22-43-36(50)10-6-9-35(49)42-21-26-11-12-33(40)30(20-26)28-8-5-7-27(19-28)24-47-16-15-41-37(51)25-47/h5,7-8,11-12,19-20,23,29H,3-4,6,9-10,13-18,21-22,24-25H2,1-2H3,(H,41,51)(H,42,49)(H,43,50)(H,45,46). The van der Waals surface area contributed by atoms with Gasteiger partial charge >= 0.3 is 0 Å². The van der Waals surface area contributed by atoms with Crippen LogP contribution in [0.25, 0.3) is 22.2 Å². The first-order valence-corrected chi connectivity index (χ1v) is 18.4. The molecule has 2 aromatic carbocycles. The molecule has 2 fully saturated rings. The SMILES string of the molecule is CCc1nc2c(cnn2CC)c(NC2CCOCC2)c1CNC(=O)CCCC(=O)NCc1ccc(F)c(-c2cccc(CN3CCNC(=O)C3)c2)c1. The molecular formula is C39H49FN8O4. The van der Waals surface area contributed by atoms with Crippen molar-refractivity contribution in [2.45, 2.75) is 84.6 Å². The van der Waals surface area contributed by atoms with Crippen molar-refractivity contribution in [2.75, 3.05) is 38.2 Å². The number of nitrogens with zero attached hydrogens (tertiary/aromatic N) is 4. The Morgan fingerprint density at radius 2 is 1.81 bits per heavy atom. The summed E-state index contributed by atoms with van der Waals surface area (Å²) in [7, 11) is 0. The highest BCUT2D eigenvalue weighted by atomic mass is 19.1. The number of aryl methyl sites for hydroxylation is 2. The maximum Gasteiger partial charge on any atom is 0.234 e. The number of rotatable bonds is 15. The number of hydrogen-bond donors (Lipinski definition) is 4. The van der Waals surface area contributed by atoms with Gasteiger partial charge in [0.25, 0.3) is 0 Å². The van der Waals surface area contributed by atoms with Crippen molar-refractivity contribution in [2.24, 2.45) is 0 Å². The molecule has 3 amide bonds. The average molecular weight is 713 g/mol. The molecule has 0 bridgehead atoms.